The number of hydrogen-bond donors (Lipinski definition) is 1. The first kappa shape index (κ1) is 13.5. The molecule has 0 aliphatic carbocycles. The summed E-state index contributed by atoms with van der Waals surface area (Å²) in [6.45, 7) is 1.90. The number of aromatic nitrogens is 2. The van der Waals surface area contributed by atoms with Crippen molar-refractivity contribution in [3.63, 3.8) is 0 Å². The summed E-state index contributed by atoms with van der Waals surface area (Å²) in [5, 5.41) is 3.72. The van der Waals surface area contributed by atoms with Gasteiger partial charge in [0.1, 0.15) is 5.69 Å². The van der Waals surface area contributed by atoms with Crippen LogP contribution in [-0.2, 0) is 0 Å². The number of benzene rings is 1. The van der Waals surface area contributed by atoms with Crippen LogP contribution in [-0.4, -0.2) is 15.9 Å². The van der Waals surface area contributed by atoms with Crippen molar-refractivity contribution in [1.82, 2.24) is 9.97 Å². The number of nitrogens with zero attached hydrogens (tertiary/aromatic N) is 2. The second-order valence-electron chi connectivity index (χ2n) is 4.47. The van der Waals surface area contributed by atoms with Gasteiger partial charge in [0.2, 0.25) is 0 Å². The molecular weight excluding hydrogens is 282 g/mol. The molecule has 0 atom stereocenters. The molecule has 0 radical (unpaired) electrons. The lowest BCUT2D eigenvalue weighted by atomic mass is 10.1. The fraction of sp³-hybridized carbons (Fsp3) is 0.0625. The Kier molecular flexibility index (Phi) is 3.75. The van der Waals surface area contributed by atoms with E-state index < -0.39 is 0 Å². The van der Waals surface area contributed by atoms with Crippen LogP contribution in [0.4, 0.5) is 5.69 Å². The van der Waals surface area contributed by atoms with Gasteiger partial charge in [-0.15, -0.1) is 11.3 Å². The monoisotopic (exact) mass is 295 g/mol. The number of thiazole rings is 1. The fourth-order valence-corrected chi connectivity index (χ4v) is 2.91. The van der Waals surface area contributed by atoms with Crippen molar-refractivity contribution in [2.24, 2.45) is 0 Å². The molecule has 1 aromatic carbocycles. The molecule has 4 nitrogen and oxygen atoms in total. The van der Waals surface area contributed by atoms with Crippen molar-refractivity contribution in [3.8, 4) is 10.4 Å². The summed E-state index contributed by atoms with van der Waals surface area (Å²) < 4.78 is 0. The number of aryl methyl sites for hydroxylation is 1. The van der Waals surface area contributed by atoms with Crippen molar-refractivity contribution in [2.75, 3.05) is 5.32 Å². The van der Waals surface area contributed by atoms with Crippen LogP contribution >= 0.6 is 11.3 Å². The van der Waals surface area contributed by atoms with Gasteiger partial charge in [0.15, 0.2) is 0 Å². The average Bonchev–Trinajstić information content (AvgIpc) is 2.91. The van der Waals surface area contributed by atoms with Crippen LogP contribution in [0.5, 0.6) is 0 Å². The van der Waals surface area contributed by atoms with E-state index in [4.69, 9.17) is 0 Å². The van der Waals surface area contributed by atoms with E-state index >= 15 is 0 Å². The maximum atomic E-state index is 12.4. The molecule has 0 saturated carbocycles. The summed E-state index contributed by atoms with van der Waals surface area (Å²) in [4.78, 5) is 21.6. The Morgan fingerprint density at radius 3 is 2.52 bits per heavy atom. The van der Waals surface area contributed by atoms with E-state index in [9.17, 15) is 4.79 Å². The van der Waals surface area contributed by atoms with Crippen molar-refractivity contribution in [3.05, 3.63) is 65.6 Å². The Morgan fingerprint density at radius 1 is 1.10 bits per heavy atom. The summed E-state index contributed by atoms with van der Waals surface area (Å²) in [6, 6.07) is 13.3. The Balaban J connectivity index is 1.94. The molecule has 3 aromatic rings. The molecule has 0 bridgehead atoms. The molecule has 104 valence electrons. The molecule has 2 heterocycles. The molecule has 0 saturated heterocycles. The largest absolute Gasteiger partial charge is 0.320 e. The zero-order valence-corrected chi connectivity index (χ0v) is 12.2. The van der Waals surface area contributed by atoms with Gasteiger partial charge in [-0.3, -0.25) is 9.78 Å². The van der Waals surface area contributed by atoms with Crippen molar-refractivity contribution in [1.29, 1.82) is 0 Å². The Morgan fingerprint density at radius 2 is 1.81 bits per heavy atom. The van der Waals surface area contributed by atoms with Gasteiger partial charge < -0.3 is 5.32 Å². The summed E-state index contributed by atoms with van der Waals surface area (Å²) in [5.41, 5.74) is 2.17. The van der Waals surface area contributed by atoms with Gasteiger partial charge in [0.05, 0.1) is 9.88 Å². The lowest BCUT2D eigenvalue weighted by molar-refractivity contribution is 0.102. The second kappa shape index (κ2) is 5.85. The first-order valence-electron chi connectivity index (χ1n) is 6.48. The first-order valence-corrected chi connectivity index (χ1v) is 7.30. The Labute approximate surface area is 126 Å². The summed E-state index contributed by atoms with van der Waals surface area (Å²) in [5.74, 6) is -0.204. The molecule has 21 heavy (non-hydrogen) atoms. The zero-order valence-electron chi connectivity index (χ0n) is 11.4. The van der Waals surface area contributed by atoms with Crippen LogP contribution in [0.3, 0.4) is 0 Å². The smallest absolute Gasteiger partial charge is 0.275 e. The number of anilines is 1. The summed E-state index contributed by atoms with van der Waals surface area (Å²) in [6.07, 6.45) is 3.28. The molecule has 0 aliphatic heterocycles. The van der Waals surface area contributed by atoms with Crippen molar-refractivity contribution >= 4 is 22.9 Å². The van der Waals surface area contributed by atoms with Crippen LogP contribution in [0.15, 0.2) is 54.9 Å². The van der Waals surface area contributed by atoms with Gasteiger partial charge in [-0.1, -0.05) is 30.3 Å². The van der Waals surface area contributed by atoms with Crippen LogP contribution in [0.25, 0.3) is 10.4 Å². The number of rotatable bonds is 3. The van der Waals surface area contributed by atoms with Gasteiger partial charge in [0.25, 0.3) is 5.91 Å². The number of carbonyl (C=O) groups excluding carboxylic acids is 1. The molecule has 2 aromatic heterocycles. The van der Waals surface area contributed by atoms with Crippen molar-refractivity contribution in [2.45, 2.75) is 6.92 Å². The fourth-order valence-electron chi connectivity index (χ4n) is 1.99. The number of pyridine rings is 1. The van der Waals surface area contributed by atoms with Gasteiger partial charge in [-0.05, 0) is 24.6 Å². The van der Waals surface area contributed by atoms with E-state index in [0.717, 1.165) is 15.4 Å². The van der Waals surface area contributed by atoms with Gasteiger partial charge in [0, 0.05) is 18.1 Å². The van der Waals surface area contributed by atoms with E-state index in [1.54, 1.807) is 24.5 Å². The van der Waals surface area contributed by atoms with Crippen LogP contribution < -0.4 is 5.32 Å². The van der Waals surface area contributed by atoms with E-state index in [2.05, 4.69) is 15.3 Å². The number of hydrogen-bond acceptors (Lipinski definition) is 4. The minimum absolute atomic E-state index is 0.204. The highest BCUT2D eigenvalue weighted by molar-refractivity contribution is 7.15. The van der Waals surface area contributed by atoms with E-state index in [-0.39, 0.29) is 5.91 Å². The lowest BCUT2D eigenvalue weighted by Crippen LogP contribution is -2.13. The predicted octanol–water partition coefficient (Wildman–Crippen LogP) is 3.77. The molecule has 0 spiro atoms. The third-order valence-corrected chi connectivity index (χ3v) is 3.94. The number of nitrogens with one attached hydrogen (secondary N) is 1. The van der Waals surface area contributed by atoms with E-state index in [1.807, 2.05) is 37.3 Å². The molecular formula is C16H13N3OS. The topological polar surface area (TPSA) is 54.9 Å². The maximum Gasteiger partial charge on any atom is 0.275 e. The molecule has 0 unspecified atom stereocenters. The third-order valence-electron chi connectivity index (χ3n) is 2.92. The van der Waals surface area contributed by atoms with Gasteiger partial charge in [-0.25, -0.2) is 4.98 Å². The number of amides is 1. The van der Waals surface area contributed by atoms with E-state index in [1.165, 1.54) is 11.3 Å². The summed E-state index contributed by atoms with van der Waals surface area (Å²) >= 11 is 1.52. The summed E-state index contributed by atoms with van der Waals surface area (Å²) in [7, 11) is 0. The van der Waals surface area contributed by atoms with Gasteiger partial charge >= 0.3 is 0 Å². The third kappa shape index (κ3) is 2.98. The van der Waals surface area contributed by atoms with Crippen LogP contribution in [0.1, 0.15) is 15.5 Å². The molecule has 0 fully saturated rings. The molecule has 1 amide bonds. The normalized spacial score (nSPS) is 10.3. The minimum Gasteiger partial charge on any atom is -0.320 e. The maximum absolute atomic E-state index is 12.4. The molecule has 1 N–H and O–H groups in total. The molecule has 5 heteroatoms. The molecule has 3 rings (SSSR count). The SMILES string of the molecule is Cc1nc(C(=O)Nc2ccncc2)c(-c2ccccc2)s1. The average molecular weight is 295 g/mol. The highest BCUT2D eigenvalue weighted by Gasteiger charge is 2.18. The standard InChI is InChI=1S/C16H13N3OS/c1-11-18-14(15(21-11)12-5-3-2-4-6-12)16(20)19-13-7-9-17-10-8-13/h2-10H,1H3,(H,17,19,20). The van der Waals surface area contributed by atoms with Gasteiger partial charge in [-0.2, -0.15) is 0 Å². The quantitative estimate of drug-likeness (QED) is 0.800. The Bertz CT molecular complexity index is 754. The van der Waals surface area contributed by atoms with E-state index in [0.29, 0.717) is 11.4 Å². The van der Waals surface area contributed by atoms with Crippen LogP contribution in [0.2, 0.25) is 0 Å². The minimum atomic E-state index is -0.204. The second-order valence-corrected chi connectivity index (χ2v) is 5.67. The predicted molar refractivity (Wildman–Crippen MR) is 84.5 cm³/mol. The van der Waals surface area contributed by atoms with Crippen LogP contribution in [0, 0.1) is 6.92 Å². The zero-order chi connectivity index (χ0) is 14.7. The highest BCUT2D eigenvalue weighted by Crippen LogP contribution is 2.30. The highest BCUT2D eigenvalue weighted by atomic mass is 32.1. The Hall–Kier alpha value is -2.53. The lowest BCUT2D eigenvalue weighted by Gasteiger charge is -2.04. The first-order chi connectivity index (χ1) is 10.2. The number of carbonyl (C=O) groups is 1. The molecule has 0 aliphatic rings. The van der Waals surface area contributed by atoms with Crippen molar-refractivity contribution < 1.29 is 4.79 Å².